The molecule has 0 aliphatic rings. The topological polar surface area (TPSA) is 159 Å². The molecule has 0 aliphatic heterocycles. The van der Waals surface area contributed by atoms with Crippen LogP contribution in [0.25, 0.3) is 0 Å². The van der Waals surface area contributed by atoms with Gasteiger partial charge in [-0.1, -0.05) is 0 Å². The van der Waals surface area contributed by atoms with Crippen molar-refractivity contribution in [3.63, 3.8) is 0 Å². The van der Waals surface area contributed by atoms with Crippen LogP contribution in [-0.2, 0) is 19.2 Å². The fourth-order valence-corrected chi connectivity index (χ4v) is 2.51. The van der Waals surface area contributed by atoms with E-state index in [1.54, 1.807) is 24.3 Å². The molecule has 2 aromatic rings. The SMILES string of the molecule is O=C=Nc1ccc(C(=O)c2ccc(OCCC(=O)NC(CC(=O)O)C(=O)O)cc2)cc1. The van der Waals surface area contributed by atoms with Crippen LogP contribution in [0.1, 0.15) is 28.8 Å². The van der Waals surface area contributed by atoms with Gasteiger partial charge in [0.15, 0.2) is 5.78 Å². The average molecular weight is 426 g/mol. The number of amides is 1. The third kappa shape index (κ3) is 7.22. The summed E-state index contributed by atoms with van der Waals surface area (Å²) >= 11 is 0. The number of aliphatic carboxylic acids is 2. The lowest BCUT2D eigenvalue weighted by molar-refractivity contribution is -0.147. The molecule has 10 heteroatoms. The number of carbonyl (C=O) groups excluding carboxylic acids is 3. The van der Waals surface area contributed by atoms with Gasteiger partial charge in [0.05, 0.1) is 25.1 Å². The number of ether oxygens (including phenoxy) is 1. The van der Waals surface area contributed by atoms with Crippen LogP contribution in [0.5, 0.6) is 5.75 Å². The molecule has 10 nitrogen and oxygen atoms in total. The van der Waals surface area contributed by atoms with Crippen molar-refractivity contribution in [2.75, 3.05) is 6.61 Å². The summed E-state index contributed by atoms with van der Waals surface area (Å²) in [7, 11) is 0. The van der Waals surface area contributed by atoms with Crippen LogP contribution >= 0.6 is 0 Å². The van der Waals surface area contributed by atoms with E-state index in [1.807, 2.05) is 0 Å². The van der Waals surface area contributed by atoms with Crippen molar-refractivity contribution >= 4 is 35.4 Å². The lowest BCUT2D eigenvalue weighted by atomic mass is 10.0. The number of isocyanates is 1. The van der Waals surface area contributed by atoms with E-state index in [0.29, 0.717) is 22.6 Å². The molecule has 0 heterocycles. The van der Waals surface area contributed by atoms with E-state index in [0.717, 1.165) is 0 Å². The summed E-state index contributed by atoms with van der Waals surface area (Å²) in [6.07, 6.45) is 0.505. The first kappa shape index (κ1) is 23.0. The standard InChI is InChI=1S/C21H18N2O8/c24-12-22-15-5-1-13(2-6-15)20(28)14-3-7-16(8-4-14)31-10-9-18(25)23-17(21(29)30)11-19(26)27/h1-8,17H,9-11H2,(H,23,25)(H,26,27)(H,29,30). The van der Waals surface area contributed by atoms with Gasteiger partial charge in [-0.05, 0) is 48.5 Å². The van der Waals surface area contributed by atoms with Crippen molar-refractivity contribution in [2.45, 2.75) is 18.9 Å². The van der Waals surface area contributed by atoms with Crippen molar-refractivity contribution in [2.24, 2.45) is 4.99 Å². The number of carbonyl (C=O) groups is 4. The number of rotatable bonds is 11. The first-order chi connectivity index (χ1) is 14.8. The van der Waals surface area contributed by atoms with Crippen molar-refractivity contribution < 1.29 is 38.9 Å². The molecule has 0 saturated carbocycles. The Morgan fingerprint density at radius 3 is 2.06 bits per heavy atom. The number of carboxylic acids is 2. The summed E-state index contributed by atoms with van der Waals surface area (Å²) in [5.41, 5.74) is 1.19. The summed E-state index contributed by atoms with van der Waals surface area (Å²) in [5.74, 6) is -3.30. The minimum atomic E-state index is -1.52. The number of benzene rings is 2. The first-order valence-corrected chi connectivity index (χ1v) is 8.99. The molecule has 0 aliphatic carbocycles. The summed E-state index contributed by atoms with van der Waals surface area (Å²) in [5, 5.41) is 19.7. The molecule has 1 amide bonds. The number of hydrogen-bond acceptors (Lipinski definition) is 7. The molecule has 0 fully saturated rings. The van der Waals surface area contributed by atoms with Crippen molar-refractivity contribution in [3.05, 3.63) is 59.7 Å². The van der Waals surface area contributed by atoms with Crippen molar-refractivity contribution in [3.8, 4) is 5.75 Å². The van der Waals surface area contributed by atoms with E-state index in [-0.39, 0.29) is 18.8 Å². The molecule has 0 saturated heterocycles. The highest BCUT2D eigenvalue weighted by molar-refractivity contribution is 6.09. The quantitative estimate of drug-likeness (QED) is 0.278. The number of hydrogen-bond donors (Lipinski definition) is 3. The maximum atomic E-state index is 12.5. The lowest BCUT2D eigenvalue weighted by Gasteiger charge is -2.12. The zero-order valence-corrected chi connectivity index (χ0v) is 16.1. The van der Waals surface area contributed by atoms with E-state index in [9.17, 15) is 24.0 Å². The second-order valence-electron chi connectivity index (χ2n) is 6.26. The maximum Gasteiger partial charge on any atom is 0.326 e. The van der Waals surface area contributed by atoms with Gasteiger partial charge in [-0.25, -0.2) is 9.59 Å². The Morgan fingerprint density at radius 2 is 1.55 bits per heavy atom. The summed E-state index contributed by atoms with van der Waals surface area (Å²) in [6.45, 7) is -0.0722. The summed E-state index contributed by atoms with van der Waals surface area (Å²) in [4.78, 5) is 59.5. The highest BCUT2D eigenvalue weighted by Gasteiger charge is 2.22. The van der Waals surface area contributed by atoms with Gasteiger partial charge < -0.3 is 20.3 Å². The number of aliphatic imine (C=N–C) groups is 1. The molecule has 31 heavy (non-hydrogen) atoms. The average Bonchev–Trinajstić information content (AvgIpc) is 2.74. The van der Waals surface area contributed by atoms with Gasteiger partial charge in [0, 0.05) is 11.1 Å². The van der Waals surface area contributed by atoms with Crippen molar-refractivity contribution in [1.82, 2.24) is 5.32 Å². The number of carboxylic acid groups (broad SMARTS) is 2. The summed E-state index contributed by atoms with van der Waals surface area (Å²) < 4.78 is 5.40. The third-order valence-electron chi connectivity index (χ3n) is 4.03. The molecule has 3 N–H and O–H groups in total. The fraction of sp³-hybridized carbons (Fsp3) is 0.190. The normalized spacial score (nSPS) is 11.0. The Balaban J connectivity index is 1.87. The third-order valence-corrected chi connectivity index (χ3v) is 4.03. The van der Waals surface area contributed by atoms with Crippen LogP contribution in [0.15, 0.2) is 53.5 Å². The van der Waals surface area contributed by atoms with Gasteiger partial charge in [0.1, 0.15) is 11.8 Å². The maximum absolute atomic E-state index is 12.5. The number of ketones is 1. The monoisotopic (exact) mass is 426 g/mol. The van der Waals surface area contributed by atoms with Crippen LogP contribution in [0.4, 0.5) is 5.69 Å². The molecule has 2 aromatic carbocycles. The minimum absolute atomic E-state index is 0.0722. The van der Waals surface area contributed by atoms with Gasteiger partial charge >= 0.3 is 11.9 Å². The second kappa shape index (κ2) is 11.0. The Hall–Kier alpha value is -4.30. The molecule has 0 aromatic heterocycles. The smallest absolute Gasteiger partial charge is 0.326 e. The van der Waals surface area contributed by atoms with Crippen molar-refractivity contribution in [1.29, 1.82) is 0 Å². The largest absolute Gasteiger partial charge is 0.493 e. The Labute approximate surface area is 176 Å². The summed E-state index contributed by atoms with van der Waals surface area (Å²) in [6, 6.07) is 10.8. The van der Waals surface area contributed by atoms with Gasteiger partial charge in [0.25, 0.3) is 0 Å². The van der Waals surface area contributed by atoms with E-state index in [4.69, 9.17) is 14.9 Å². The molecule has 160 valence electrons. The molecule has 0 bridgehead atoms. The molecule has 1 unspecified atom stereocenters. The van der Waals surface area contributed by atoms with Gasteiger partial charge in [-0.15, -0.1) is 0 Å². The molecular formula is C21H18N2O8. The van der Waals surface area contributed by atoms with Gasteiger partial charge in [0.2, 0.25) is 12.0 Å². The predicted molar refractivity (Wildman–Crippen MR) is 106 cm³/mol. The molecule has 0 spiro atoms. The molecular weight excluding hydrogens is 408 g/mol. The number of nitrogens with one attached hydrogen (secondary N) is 1. The fourth-order valence-electron chi connectivity index (χ4n) is 2.51. The Bertz CT molecular complexity index is 1010. The highest BCUT2D eigenvalue weighted by Crippen LogP contribution is 2.18. The van der Waals surface area contributed by atoms with Crippen LogP contribution in [-0.4, -0.2) is 52.6 Å². The lowest BCUT2D eigenvalue weighted by Crippen LogP contribution is -2.42. The minimum Gasteiger partial charge on any atom is -0.493 e. The van der Waals surface area contributed by atoms with E-state index < -0.39 is 30.3 Å². The Morgan fingerprint density at radius 1 is 0.968 bits per heavy atom. The second-order valence-corrected chi connectivity index (χ2v) is 6.26. The van der Waals surface area contributed by atoms with Crippen LogP contribution in [0.2, 0.25) is 0 Å². The van der Waals surface area contributed by atoms with E-state index in [2.05, 4.69) is 10.3 Å². The highest BCUT2D eigenvalue weighted by atomic mass is 16.5. The van der Waals surface area contributed by atoms with Crippen LogP contribution < -0.4 is 10.1 Å². The van der Waals surface area contributed by atoms with Crippen LogP contribution in [0, 0.1) is 0 Å². The zero-order chi connectivity index (χ0) is 22.8. The number of nitrogens with zero attached hydrogens (tertiary/aromatic N) is 1. The van der Waals surface area contributed by atoms with E-state index >= 15 is 0 Å². The molecule has 1 atom stereocenters. The zero-order valence-electron chi connectivity index (χ0n) is 16.1. The van der Waals surface area contributed by atoms with E-state index in [1.165, 1.54) is 30.3 Å². The van der Waals surface area contributed by atoms with Gasteiger partial charge in [-0.3, -0.25) is 14.4 Å². The van der Waals surface area contributed by atoms with Gasteiger partial charge in [-0.2, -0.15) is 4.99 Å². The van der Waals surface area contributed by atoms with Crippen LogP contribution in [0.3, 0.4) is 0 Å². The predicted octanol–water partition coefficient (Wildman–Crippen LogP) is 1.70. The first-order valence-electron chi connectivity index (χ1n) is 8.99. The Kier molecular flexibility index (Phi) is 8.18. The molecule has 0 radical (unpaired) electrons. The molecule has 2 rings (SSSR count).